The predicted octanol–water partition coefficient (Wildman–Crippen LogP) is 3.74. The Bertz CT molecular complexity index is 772. The monoisotopic (exact) mass is 384 g/mol. The number of amides is 2. The van der Waals surface area contributed by atoms with Gasteiger partial charge in [-0.05, 0) is 48.7 Å². The van der Waals surface area contributed by atoms with E-state index in [-0.39, 0.29) is 11.8 Å². The molecule has 0 unspecified atom stereocenters. The third kappa shape index (κ3) is 6.70. The molecule has 0 bridgehead atoms. The van der Waals surface area contributed by atoms with Gasteiger partial charge in [0.25, 0.3) is 11.8 Å². The molecule has 0 aliphatic rings. The van der Waals surface area contributed by atoms with Gasteiger partial charge in [-0.1, -0.05) is 26.0 Å². The number of ether oxygens (including phenoxy) is 2. The number of anilines is 1. The van der Waals surface area contributed by atoms with Crippen molar-refractivity contribution in [2.45, 2.75) is 20.3 Å². The minimum atomic E-state index is -0.282. The zero-order valence-electron chi connectivity index (χ0n) is 16.7. The summed E-state index contributed by atoms with van der Waals surface area (Å²) in [5, 5.41) is 5.64. The molecule has 2 amide bonds. The molecule has 2 aromatic rings. The highest BCUT2D eigenvalue weighted by Gasteiger charge is 2.14. The van der Waals surface area contributed by atoms with E-state index in [0.717, 1.165) is 12.2 Å². The van der Waals surface area contributed by atoms with Crippen molar-refractivity contribution in [3.05, 3.63) is 59.7 Å². The number of benzene rings is 2. The quantitative estimate of drug-likeness (QED) is 0.612. The molecule has 28 heavy (non-hydrogen) atoms. The number of nitrogens with one attached hydrogen (secondary N) is 2. The SMILES string of the molecule is COCCCNC(=O)c1ccccc1NC(=O)c1ccc(OCC(C)C)cc1. The van der Waals surface area contributed by atoms with Crippen LogP contribution in [0.3, 0.4) is 0 Å². The fourth-order valence-electron chi connectivity index (χ4n) is 2.46. The standard InChI is InChI=1S/C22H28N2O4/c1-16(2)15-28-18-11-9-17(10-12-18)21(25)24-20-8-5-4-7-19(20)22(26)23-13-6-14-27-3/h4-5,7-12,16H,6,13-15H2,1-3H3,(H,23,26)(H,24,25). The van der Waals surface area contributed by atoms with Crippen LogP contribution in [0.4, 0.5) is 5.69 Å². The molecule has 0 fully saturated rings. The maximum absolute atomic E-state index is 12.6. The molecule has 2 aromatic carbocycles. The van der Waals surface area contributed by atoms with E-state index in [1.165, 1.54) is 0 Å². The molecule has 2 rings (SSSR count). The van der Waals surface area contributed by atoms with Gasteiger partial charge in [0.15, 0.2) is 0 Å². The Kier molecular flexibility index (Phi) is 8.49. The molecule has 0 saturated heterocycles. The largest absolute Gasteiger partial charge is 0.493 e. The number of methoxy groups -OCH3 is 1. The van der Waals surface area contributed by atoms with Crippen molar-refractivity contribution in [2.24, 2.45) is 5.92 Å². The summed E-state index contributed by atoms with van der Waals surface area (Å²) < 4.78 is 10.6. The zero-order valence-corrected chi connectivity index (χ0v) is 16.7. The van der Waals surface area contributed by atoms with Crippen molar-refractivity contribution in [1.82, 2.24) is 5.32 Å². The Morgan fingerprint density at radius 1 is 1.00 bits per heavy atom. The lowest BCUT2D eigenvalue weighted by Gasteiger charge is -2.12. The smallest absolute Gasteiger partial charge is 0.255 e. The minimum absolute atomic E-state index is 0.232. The van der Waals surface area contributed by atoms with Crippen LogP contribution in [0.2, 0.25) is 0 Å². The first kappa shape index (κ1) is 21.4. The number of hydrogen-bond donors (Lipinski definition) is 2. The first-order valence-corrected chi connectivity index (χ1v) is 9.41. The molecule has 0 saturated carbocycles. The molecule has 0 aliphatic carbocycles. The average Bonchev–Trinajstić information content (AvgIpc) is 2.70. The lowest BCUT2D eigenvalue weighted by atomic mass is 10.1. The van der Waals surface area contributed by atoms with Crippen molar-refractivity contribution in [3.63, 3.8) is 0 Å². The summed E-state index contributed by atoms with van der Waals surface area (Å²) in [6, 6.07) is 13.9. The van der Waals surface area contributed by atoms with E-state index in [0.29, 0.717) is 42.5 Å². The Morgan fingerprint density at radius 3 is 2.39 bits per heavy atom. The van der Waals surface area contributed by atoms with Gasteiger partial charge in [-0.3, -0.25) is 9.59 Å². The molecule has 6 nitrogen and oxygen atoms in total. The minimum Gasteiger partial charge on any atom is -0.493 e. The van der Waals surface area contributed by atoms with Crippen LogP contribution in [0, 0.1) is 5.92 Å². The van der Waals surface area contributed by atoms with Crippen molar-refractivity contribution in [2.75, 3.05) is 32.2 Å². The van der Waals surface area contributed by atoms with E-state index in [4.69, 9.17) is 9.47 Å². The molecular weight excluding hydrogens is 356 g/mol. The Morgan fingerprint density at radius 2 is 1.71 bits per heavy atom. The second kappa shape index (κ2) is 11.1. The number of carbonyl (C=O) groups is 2. The van der Waals surface area contributed by atoms with Gasteiger partial charge in [-0.2, -0.15) is 0 Å². The second-order valence-electron chi connectivity index (χ2n) is 6.83. The van der Waals surface area contributed by atoms with Gasteiger partial charge >= 0.3 is 0 Å². The van der Waals surface area contributed by atoms with Gasteiger partial charge in [0.05, 0.1) is 17.9 Å². The second-order valence-corrected chi connectivity index (χ2v) is 6.83. The van der Waals surface area contributed by atoms with Gasteiger partial charge in [-0.25, -0.2) is 0 Å². The summed E-state index contributed by atoms with van der Waals surface area (Å²) in [6.07, 6.45) is 0.724. The number of rotatable bonds is 10. The molecule has 2 N–H and O–H groups in total. The van der Waals surface area contributed by atoms with Crippen LogP contribution in [0.15, 0.2) is 48.5 Å². The summed E-state index contributed by atoms with van der Waals surface area (Å²) in [5.41, 5.74) is 1.38. The fraction of sp³-hybridized carbons (Fsp3) is 0.364. The normalized spacial score (nSPS) is 10.6. The molecule has 0 aliphatic heterocycles. The van der Waals surface area contributed by atoms with Gasteiger partial charge in [-0.15, -0.1) is 0 Å². The summed E-state index contributed by atoms with van der Waals surface area (Å²) in [7, 11) is 1.62. The van der Waals surface area contributed by atoms with Gasteiger partial charge in [0.1, 0.15) is 5.75 Å². The summed E-state index contributed by atoms with van der Waals surface area (Å²) in [4.78, 5) is 25.0. The van der Waals surface area contributed by atoms with Crippen LogP contribution in [0.5, 0.6) is 5.75 Å². The maximum atomic E-state index is 12.6. The van der Waals surface area contributed by atoms with Crippen LogP contribution < -0.4 is 15.4 Å². The van der Waals surface area contributed by atoms with Crippen molar-refractivity contribution in [1.29, 1.82) is 0 Å². The average molecular weight is 384 g/mol. The van der Waals surface area contributed by atoms with E-state index in [1.807, 2.05) is 0 Å². The van der Waals surface area contributed by atoms with Crippen molar-refractivity contribution in [3.8, 4) is 5.75 Å². The van der Waals surface area contributed by atoms with E-state index in [1.54, 1.807) is 55.6 Å². The highest BCUT2D eigenvalue weighted by molar-refractivity contribution is 6.09. The fourth-order valence-corrected chi connectivity index (χ4v) is 2.46. The van der Waals surface area contributed by atoms with Crippen LogP contribution in [-0.2, 0) is 4.74 Å². The van der Waals surface area contributed by atoms with E-state index in [2.05, 4.69) is 24.5 Å². The van der Waals surface area contributed by atoms with E-state index < -0.39 is 0 Å². The summed E-state index contributed by atoms with van der Waals surface area (Å²) in [6.45, 7) is 5.86. The molecule has 0 aromatic heterocycles. The van der Waals surface area contributed by atoms with Gasteiger partial charge in [0, 0.05) is 25.8 Å². The van der Waals surface area contributed by atoms with Crippen molar-refractivity contribution >= 4 is 17.5 Å². The molecule has 0 atom stereocenters. The lowest BCUT2D eigenvalue weighted by Crippen LogP contribution is -2.26. The predicted molar refractivity (Wildman–Crippen MR) is 110 cm³/mol. The summed E-state index contributed by atoms with van der Waals surface area (Å²) in [5.74, 6) is 0.640. The lowest BCUT2D eigenvalue weighted by molar-refractivity contribution is 0.0949. The Balaban J connectivity index is 2.01. The number of para-hydroxylation sites is 1. The van der Waals surface area contributed by atoms with Crippen LogP contribution in [0.25, 0.3) is 0 Å². The van der Waals surface area contributed by atoms with Crippen LogP contribution in [-0.4, -0.2) is 38.7 Å². The number of hydrogen-bond acceptors (Lipinski definition) is 4. The molecule has 0 spiro atoms. The van der Waals surface area contributed by atoms with E-state index >= 15 is 0 Å². The highest BCUT2D eigenvalue weighted by Crippen LogP contribution is 2.18. The van der Waals surface area contributed by atoms with Gasteiger partial charge < -0.3 is 20.1 Å². The van der Waals surface area contributed by atoms with Crippen molar-refractivity contribution < 1.29 is 19.1 Å². The highest BCUT2D eigenvalue weighted by atomic mass is 16.5. The first-order chi connectivity index (χ1) is 13.5. The third-order valence-corrected chi connectivity index (χ3v) is 3.93. The van der Waals surface area contributed by atoms with Gasteiger partial charge in [0.2, 0.25) is 0 Å². The maximum Gasteiger partial charge on any atom is 0.255 e. The Labute approximate surface area is 166 Å². The summed E-state index contributed by atoms with van der Waals surface area (Å²) >= 11 is 0. The molecule has 0 heterocycles. The first-order valence-electron chi connectivity index (χ1n) is 9.41. The third-order valence-electron chi connectivity index (χ3n) is 3.93. The van der Waals surface area contributed by atoms with E-state index in [9.17, 15) is 9.59 Å². The van der Waals surface area contributed by atoms with Crippen LogP contribution in [0.1, 0.15) is 41.0 Å². The topological polar surface area (TPSA) is 76.7 Å². The number of carbonyl (C=O) groups excluding carboxylic acids is 2. The molecule has 0 radical (unpaired) electrons. The molecule has 6 heteroatoms. The molecule has 150 valence electrons. The Hall–Kier alpha value is -2.86. The zero-order chi connectivity index (χ0) is 20.4. The van der Waals surface area contributed by atoms with Crippen LogP contribution >= 0.6 is 0 Å². The molecular formula is C22H28N2O4.